The lowest BCUT2D eigenvalue weighted by Gasteiger charge is -1.96. The Hall–Kier alpha value is -0.900. The molecule has 0 aromatic carbocycles. The second-order valence-corrected chi connectivity index (χ2v) is 4.52. The summed E-state index contributed by atoms with van der Waals surface area (Å²) >= 11 is 0. The molecule has 0 saturated heterocycles. The number of hydrogen-bond acceptors (Lipinski definition) is 4. The molecule has 0 spiro atoms. The first kappa shape index (κ1) is 8.69. The quantitative estimate of drug-likeness (QED) is 0.752. The topological polar surface area (TPSA) is 64.9 Å². The van der Waals surface area contributed by atoms with E-state index in [0.717, 1.165) is 12.3 Å². The summed E-state index contributed by atoms with van der Waals surface area (Å²) in [5.41, 5.74) is 5.97. The van der Waals surface area contributed by atoms with Gasteiger partial charge in [0.1, 0.15) is 0 Å². The molecule has 0 aliphatic heterocycles. The van der Waals surface area contributed by atoms with Gasteiger partial charge in [0.25, 0.3) is 0 Å². The lowest BCUT2D eigenvalue weighted by atomic mass is 10.1. The largest absolute Gasteiger partial charge is 0.339 e. The molecule has 2 N–H and O–H groups in total. The molecule has 1 saturated carbocycles. The second kappa shape index (κ2) is 2.54. The highest BCUT2D eigenvalue weighted by Gasteiger charge is 2.50. The van der Waals surface area contributed by atoms with Crippen LogP contribution in [0.25, 0.3) is 0 Å². The molecule has 1 aliphatic carbocycles. The Labute approximate surface area is 77.5 Å². The Kier molecular flexibility index (Phi) is 1.70. The van der Waals surface area contributed by atoms with Gasteiger partial charge in [-0.25, -0.2) is 0 Å². The van der Waals surface area contributed by atoms with E-state index in [0.29, 0.717) is 17.2 Å². The van der Waals surface area contributed by atoms with E-state index in [2.05, 4.69) is 24.0 Å². The van der Waals surface area contributed by atoms with Gasteiger partial charge in [0.2, 0.25) is 5.89 Å². The molecule has 0 bridgehead atoms. The average Bonchev–Trinajstić information content (AvgIpc) is 2.50. The molecule has 13 heavy (non-hydrogen) atoms. The molecule has 1 aromatic rings. The Balaban J connectivity index is 2.16. The first-order chi connectivity index (χ1) is 6.00. The van der Waals surface area contributed by atoms with E-state index in [1.165, 1.54) is 0 Å². The van der Waals surface area contributed by atoms with Crippen molar-refractivity contribution in [1.29, 1.82) is 0 Å². The van der Waals surface area contributed by atoms with Crippen LogP contribution < -0.4 is 5.73 Å². The highest BCUT2D eigenvalue weighted by Crippen LogP contribution is 2.57. The van der Waals surface area contributed by atoms with Crippen molar-refractivity contribution in [2.24, 2.45) is 11.1 Å². The number of hydrogen-bond donors (Lipinski definition) is 1. The third-order valence-electron chi connectivity index (χ3n) is 2.68. The van der Waals surface area contributed by atoms with Crippen molar-refractivity contribution in [3.8, 4) is 0 Å². The predicted molar refractivity (Wildman–Crippen MR) is 48.0 cm³/mol. The van der Waals surface area contributed by atoms with Gasteiger partial charge in [0.15, 0.2) is 5.82 Å². The molecule has 4 nitrogen and oxygen atoms in total. The lowest BCUT2D eigenvalue weighted by molar-refractivity contribution is 0.361. The Bertz CT molecular complexity index is 316. The van der Waals surface area contributed by atoms with Gasteiger partial charge in [-0.05, 0) is 18.8 Å². The zero-order valence-electron chi connectivity index (χ0n) is 8.24. The number of rotatable bonds is 2. The number of aromatic nitrogens is 2. The first-order valence-electron chi connectivity index (χ1n) is 4.60. The Morgan fingerprint density at radius 3 is 2.62 bits per heavy atom. The molecule has 4 heteroatoms. The van der Waals surface area contributed by atoms with Crippen molar-refractivity contribution in [2.45, 2.75) is 39.2 Å². The van der Waals surface area contributed by atoms with Crippen LogP contribution in [0.2, 0.25) is 0 Å². The zero-order chi connectivity index (χ0) is 9.64. The molecule has 2 rings (SSSR count). The summed E-state index contributed by atoms with van der Waals surface area (Å²) < 4.78 is 5.14. The summed E-state index contributed by atoms with van der Waals surface area (Å²) in [5.74, 6) is 1.79. The summed E-state index contributed by atoms with van der Waals surface area (Å²) in [4.78, 5) is 4.26. The van der Waals surface area contributed by atoms with Crippen LogP contribution in [0.3, 0.4) is 0 Å². The van der Waals surface area contributed by atoms with Crippen molar-refractivity contribution in [3.63, 3.8) is 0 Å². The fourth-order valence-corrected chi connectivity index (χ4v) is 1.46. The third kappa shape index (κ3) is 1.46. The van der Waals surface area contributed by atoms with Crippen LogP contribution in [0.15, 0.2) is 4.52 Å². The molecule has 1 aromatic heterocycles. The van der Waals surface area contributed by atoms with E-state index in [9.17, 15) is 0 Å². The summed E-state index contributed by atoms with van der Waals surface area (Å²) in [6, 6.07) is -0.139. The molecule has 72 valence electrons. The van der Waals surface area contributed by atoms with Crippen LogP contribution in [0.5, 0.6) is 0 Å². The van der Waals surface area contributed by atoms with Crippen LogP contribution in [-0.4, -0.2) is 10.1 Å². The van der Waals surface area contributed by atoms with Gasteiger partial charge in [-0.1, -0.05) is 19.0 Å². The van der Waals surface area contributed by atoms with Crippen LogP contribution in [0.1, 0.15) is 50.9 Å². The van der Waals surface area contributed by atoms with Crippen molar-refractivity contribution in [3.05, 3.63) is 11.7 Å². The van der Waals surface area contributed by atoms with Crippen LogP contribution in [-0.2, 0) is 0 Å². The van der Waals surface area contributed by atoms with Crippen molar-refractivity contribution >= 4 is 0 Å². The van der Waals surface area contributed by atoms with Gasteiger partial charge in [0.05, 0.1) is 6.04 Å². The van der Waals surface area contributed by atoms with Gasteiger partial charge >= 0.3 is 0 Å². The van der Waals surface area contributed by atoms with E-state index in [4.69, 9.17) is 10.3 Å². The van der Waals surface area contributed by atoms with E-state index in [-0.39, 0.29) is 6.04 Å². The van der Waals surface area contributed by atoms with Crippen molar-refractivity contribution < 1.29 is 4.52 Å². The number of nitrogens with zero attached hydrogens (tertiary/aromatic N) is 2. The maximum absolute atomic E-state index is 5.63. The van der Waals surface area contributed by atoms with E-state index < -0.39 is 0 Å². The molecule has 1 aliphatic rings. The Morgan fingerprint density at radius 1 is 1.62 bits per heavy atom. The minimum Gasteiger partial charge on any atom is -0.339 e. The fraction of sp³-hybridized carbons (Fsp3) is 0.778. The SMILES string of the molecule is CC(N)c1noc(C2CC2(C)C)n1. The second-order valence-electron chi connectivity index (χ2n) is 4.52. The maximum Gasteiger partial charge on any atom is 0.230 e. The van der Waals surface area contributed by atoms with Gasteiger partial charge in [-0.3, -0.25) is 0 Å². The molecule has 1 fully saturated rings. The molecular weight excluding hydrogens is 166 g/mol. The van der Waals surface area contributed by atoms with E-state index >= 15 is 0 Å². The van der Waals surface area contributed by atoms with Gasteiger partial charge < -0.3 is 10.3 Å². The molecular formula is C9H15N3O. The predicted octanol–water partition coefficient (Wildman–Crippen LogP) is 1.60. The molecule has 2 unspecified atom stereocenters. The summed E-state index contributed by atoms with van der Waals surface area (Å²) in [6.45, 7) is 6.26. The Morgan fingerprint density at radius 2 is 2.23 bits per heavy atom. The normalized spacial score (nSPS) is 27.2. The number of nitrogens with two attached hydrogens (primary N) is 1. The van der Waals surface area contributed by atoms with Gasteiger partial charge in [-0.15, -0.1) is 0 Å². The van der Waals surface area contributed by atoms with Crippen LogP contribution in [0.4, 0.5) is 0 Å². The molecule has 2 atom stereocenters. The minimum atomic E-state index is -0.139. The lowest BCUT2D eigenvalue weighted by Crippen LogP contribution is -2.06. The molecule has 0 radical (unpaired) electrons. The van der Waals surface area contributed by atoms with Gasteiger partial charge in [0, 0.05) is 5.92 Å². The van der Waals surface area contributed by atoms with Crippen LogP contribution >= 0.6 is 0 Å². The maximum atomic E-state index is 5.63. The van der Waals surface area contributed by atoms with Crippen molar-refractivity contribution in [2.75, 3.05) is 0 Å². The third-order valence-corrected chi connectivity index (χ3v) is 2.68. The molecule has 0 amide bonds. The smallest absolute Gasteiger partial charge is 0.230 e. The van der Waals surface area contributed by atoms with Gasteiger partial charge in [-0.2, -0.15) is 4.98 Å². The summed E-state index contributed by atoms with van der Waals surface area (Å²) in [6.07, 6.45) is 1.13. The molecule has 1 heterocycles. The fourth-order valence-electron chi connectivity index (χ4n) is 1.46. The van der Waals surface area contributed by atoms with Crippen LogP contribution in [0, 0.1) is 5.41 Å². The highest BCUT2D eigenvalue weighted by molar-refractivity contribution is 5.13. The zero-order valence-corrected chi connectivity index (χ0v) is 8.24. The monoisotopic (exact) mass is 181 g/mol. The van der Waals surface area contributed by atoms with E-state index in [1.54, 1.807) is 0 Å². The average molecular weight is 181 g/mol. The minimum absolute atomic E-state index is 0.139. The highest BCUT2D eigenvalue weighted by atomic mass is 16.5. The van der Waals surface area contributed by atoms with Crippen molar-refractivity contribution in [1.82, 2.24) is 10.1 Å². The van der Waals surface area contributed by atoms with E-state index in [1.807, 2.05) is 6.92 Å². The standard InChI is InChI=1S/C9H15N3O/c1-5(10)7-11-8(13-12-7)6-4-9(6,2)3/h5-6H,4,10H2,1-3H3. The summed E-state index contributed by atoms with van der Waals surface area (Å²) in [7, 11) is 0. The first-order valence-corrected chi connectivity index (χ1v) is 4.60. The summed E-state index contributed by atoms with van der Waals surface area (Å²) in [5, 5.41) is 3.83.